The number of aromatic nitrogens is 3. The number of pyridine rings is 1. The molecule has 0 fully saturated rings. The first-order valence-electron chi connectivity index (χ1n) is 6.87. The highest BCUT2D eigenvalue weighted by Gasteiger charge is 2.20. The molecule has 2 aromatic heterocycles. The number of hydrogen-bond donors (Lipinski definition) is 1. The van der Waals surface area contributed by atoms with Crippen molar-refractivity contribution in [3.8, 4) is 0 Å². The molecule has 21 heavy (non-hydrogen) atoms. The first-order chi connectivity index (χ1) is 9.87. The average Bonchev–Trinajstić information content (AvgIpc) is 2.43. The Morgan fingerprint density at radius 3 is 2.81 bits per heavy atom. The second kappa shape index (κ2) is 6.13. The number of nitrogens with zero attached hydrogens (tertiary/aromatic N) is 4. The number of nitrogens with one attached hydrogen (secondary N) is 1. The van der Waals surface area contributed by atoms with Crippen molar-refractivity contribution >= 4 is 16.9 Å². The molecule has 1 N–H and O–H groups in total. The van der Waals surface area contributed by atoms with Crippen LogP contribution in [0.25, 0.3) is 11.0 Å². The molecule has 0 radical (unpaired) electrons. The quantitative estimate of drug-likeness (QED) is 0.898. The van der Waals surface area contributed by atoms with E-state index in [1.54, 1.807) is 12.3 Å². The molecule has 0 unspecified atom stereocenters. The zero-order chi connectivity index (χ0) is 15.5. The summed E-state index contributed by atoms with van der Waals surface area (Å²) in [4.78, 5) is 26.6. The van der Waals surface area contributed by atoms with Gasteiger partial charge < -0.3 is 10.2 Å². The molecule has 0 aliphatic rings. The van der Waals surface area contributed by atoms with Gasteiger partial charge in [0, 0.05) is 24.7 Å². The maximum absolute atomic E-state index is 12.2. The molecule has 0 aliphatic carbocycles. The van der Waals surface area contributed by atoms with Gasteiger partial charge in [0.05, 0.1) is 0 Å². The summed E-state index contributed by atoms with van der Waals surface area (Å²) >= 11 is 0. The van der Waals surface area contributed by atoms with Crippen LogP contribution in [-0.2, 0) is 0 Å². The van der Waals surface area contributed by atoms with Gasteiger partial charge in [-0.05, 0) is 31.6 Å². The third-order valence-corrected chi connectivity index (χ3v) is 3.07. The number of carbonyl (C=O) groups is 1. The smallest absolute Gasteiger partial charge is 0.269 e. The van der Waals surface area contributed by atoms with Crippen LogP contribution in [0, 0.1) is 5.41 Å². The van der Waals surface area contributed by atoms with Crippen LogP contribution < -0.4 is 5.32 Å². The molecular formula is C15H21N5O. The fourth-order valence-corrected chi connectivity index (χ4v) is 2.31. The highest BCUT2D eigenvalue weighted by molar-refractivity contribution is 5.94. The molecule has 0 bridgehead atoms. The van der Waals surface area contributed by atoms with Crippen molar-refractivity contribution in [3.05, 3.63) is 30.4 Å². The van der Waals surface area contributed by atoms with Crippen LogP contribution in [0.4, 0.5) is 0 Å². The summed E-state index contributed by atoms with van der Waals surface area (Å²) in [6, 6.07) is 3.50. The van der Waals surface area contributed by atoms with E-state index in [0.717, 1.165) is 11.9 Å². The molecule has 0 atom stereocenters. The van der Waals surface area contributed by atoms with Crippen molar-refractivity contribution in [2.24, 2.45) is 5.41 Å². The molecule has 0 aromatic carbocycles. The van der Waals surface area contributed by atoms with Crippen molar-refractivity contribution < 1.29 is 4.79 Å². The van der Waals surface area contributed by atoms with Crippen molar-refractivity contribution in [1.82, 2.24) is 25.2 Å². The van der Waals surface area contributed by atoms with E-state index in [1.165, 1.54) is 6.33 Å². The summed E-state index contributed by atoms with van der Waals surface area (Å²) < 4.78 is 0. The number of fused-ring (bicyclic) bond motifs is 1. The van der Waals surface area contributed by atoms with E-state index in [9.17, 15) is 4.79 Å². The molecule has 6 nitrogen and oxygen atoms in total. The lowest BCUT2D eigenvalue weighted by atomic mass is 9.93. The van der Waals surface area contributed by atoms with E-state index >= 15 is 0 Å². The van der Waals surface area contributed by atoms with Gasteiger partial charge in [0.15, 0.2) is 5.65 Å². The summed E-state index contributed by atoms with van der Waals surface area (Å²) in [7, 11) is 4.04. The number of hydrogen-bond acceptors (Lipinski definition) is 5. The topological polar surface area (TPSA) is 71.0 Å². The molecule has 0 saturated carbocycles. The molecule has 112 valence electrons. The van der Waals surface area contributed by atoms with Crippen LogP contribution >= 0.6 is 0 Å². The van der Waals surface area contributed by atoms with Crippen molar-refractivity contribution in [2.45, 2.75) is 13.8 Å². The summed E-state index contributed by atoms with van der Waals surface area (Å²) in [6.07, 6.45) is 3.11. The minimum atomic E-state index is -0.178. The Bertz CT molecular complexity index is 639. The average molecular weight is 287 g/mol. The molecular weight excluding hydrogens is 266 g/mol. The van der Waals surface area contributed by atoms with Crippen LogP contribution in [0.2, 0.25) is 0 Å². The third kappa shape index (κ3) is 4.19. The maximum Gasteiger partial charge on any atom is 0.269 e. The molecule has 0 saturated heterocycles. The van der Waals surface area contributed by atoms with Gasteiger partial charge in [-0.2, -0.15) is 0 Å². The second-order valence-electron chi connectivity index (χ2n) is 6.22. The first kappa shape index (κ1) is 15.3. The van der Waals surface area contributed by atoms with Crippen LogP contribution in [0.3, 0.4) is 0 Å². The van der Waals surface area contributed by atoms with Gasteiger partial charge >= 0.3 is 0 Å². The largest absolute Gasteiger partial charge is 0.350 e. The molecule has 2 aromatic rings. The summed E-state index contributed by atoms with van der Waals surface area (Å²) in [5, 5.41) is 3.76. The van der Waals surface area contributed by atoms with Crippen LogP contribution in [0.1, 0.15) is 24.3 Å². The van der Waals surface area contributed by atoms with Gasteiger partial charge in [-0.15, -0.1) is 0 Å². The van der Waals surface area contributed by atoms with Gasteiger partial charge in [-0.3, -0.25) is 4.79 Å². The van der Waals surface area contributed by atoms with Gasteiger partial charge in [-0.1, -0.05) is 13.8 Å². The summed E-state index contributed by atoms with van der Waals surface area (Å²) in [6.45, 7) is 5.72. The highest BCUT2D eigenvalue weighted by atomic mass is 16.1. The molecule has 1 amide bonds. The van der Waals surface area contributed by atoms with Gasteiger partial charge in [0.1, 0.15) is 12.0 Å². The Hall–Kier alpha value is -2.08. The minimum Gasteiger partial charge on any atom is -0.350 e. The van der Waals surface area contributed by atoms with Crippen molar-refractivity contribution in [3.63, 3.8) is 0 Å². The second-order valence-corrected chi connectivity index (χ2v) is 6.22. The van der Waals surface area contributed by atoms with Crippen LogP contribution in [-0.4, -0.2) is 52.9 Å². The van der Waals surface area contributed by atoms with Crippen molar-refractivity contribution in [2.75, 3.05) is 27.2 Å². The number of rotatable bonds is 5. The van der Waals surface area contributed by atoms with E-state index in [1.807, 2.05) is 20.2 Å². The Balaban J connectivity index is 2.05. The van der Waals surface area contributed by atoms with E-state index < -0.39 is 0 Å². The van der Waals surface area contributed by atoms with E-state index in [0.29, 0.717) is 17.9 Å². The third-order valence-electron chi connectivity index (χ3n) is 3.07. The lowest BCUT2D eigenvalue weighted by Crippen LogP contribution is -2.40. The van der Waals surface area contributed by atoms with Crippen LogP contribution in [0.15, 0.2) is 24.7 Å². The van der Waals surface area contributed by atoms with E-state index in [-0.39, 0.29) is 11.3 Å². The SMILES string of the molecule is CN(C)CC(C)(C)CNC(=O)c1ccc2cncnc2n1. The zero-order valence-electron chi connectivity index (χ0n) is 12.9. The Morgan fingerprint density at radius 1 is 1.33 bits per heavy atom. The maximum atomic E-state index is 12.2. The number of carbonyl (C=O) groups excluding carboxylic acids is 1. The Morgan fingerprint density at radius 2 is 2.10 bits per heavy atom. The van der Waals surface area contributed by atoms with Crippen LogP contribution in [0.5, 0.6) is 0 Å². The molecule has 2 heterocycles. The summed E-state index contributed by atoms with van der Waals surface area (Å²) in [5.41, 5.74) is 0.908. The lowest BCUT2D eigenvalue weighted by Gasteiger charge is -2.28. The van der Waals surface area contributed by atoms with E-state index in [2.05, 4.69) is 39.0 Å². The number of amides is 1. The van der Waals surface area contributed by atoms with E-state index in [4.69, 9.17) is 0 Å². The van der Waals surface area contributed by atoms with Crippen molar-refractivity contribution in [1.29, 1.82) is 0 Å². The Kier molecular flexibility index (Phi) is 4.47. The van der Waals surface area contributed by atoms with Gasteiger partial charge in [0.2, 0.25) is 0 Å². The predicted octanol–water partition coefficient (Wildman–Crippen LogP) is 1.34. The molecule has 0 aliphatic heterocycles. The fraction of sp³-hybridized carbons (Fsp3) is 0.467. The molecule has 6 heteroatoms. The van der Waals surface area contributed by atoms with Gasteiger partial charge in [0.25, 0.3) is 5.91 Å². The lowest BCUT2D eigenvalue weighted by molar-refractivity contribution is 0.0924. The molecule has 0 spiro atoms. The monoisotopic (exact) mass is 287 g/mol. The molecule has 2 rings (SSSR count). The first-order valence-corrected chi connectivity index (χ1v) is 6.87. The van der Waals surface area contributed by atoms with Gasteiger partial charge in [-0.25, -0.2) is 15.0 Å². The minimum absolute atomic E-state index is 0.00181. The summed E-state index contributed by atoms with van der Waals surface area (Å²) in [5.74, 6) is -0.178. The highest BCUT2D eigenvalue weighted by Crippen LogP contribution is 2.14. The fourth-order valence-electron chi connectivity index (χ4n) is 2.31. The predicted molar refractivity (Wildman–Crippen MR) is 82.0 cm³/mol. The Labute approximate surface area is 124 Å². The standard InChI is InChI=1S/C15H21N5O/c1-15(2,9-20(3)4)8-17-14(21)12-6-5-11-7-16-10-18-13(11)19-12/h5-7,10H,8-9H2,1-4H3,(H,17,21). The normalized spacial score (nSPS) is 11.9. The zero-order valence-corrected chi connectivity index (χ0v) is 12.9.